The molecule has 1 nitrogen and oxygen atoms in total. The lowest BCUT2D eigenvalue weighted by Crippen LogP contribution is -2.30. The molecule has 0 aliphatic heterocycles. The minimum atomic E-state index is 0.798. The van der Waals surface area contributed by atoms with Gasteiger partial charge in [0.25, 0.3) is 0 Å². The number of nitrogens with one attached hydrogen (secondary N) is 1. The first kappa shape index (κ1) is 11.4. The Bertz CT molecular complexity index is 127. The molecule has 1 saturated carbocycles. The third kappa shape index (κ3) is 3.90. The quantitative estimate of drug-likeness (QED) is 0.663. The molecule has 1 aliphatic rings. The fourth-order valence-corrected chi connectivity index (χ4v) is 3.55. The van der Waals surface area contributed by atoms with Crippen molar-refractivity contribution in [1.29, 1.82) is 0 Å². The molecule has 2 atom stereocenters. The van der Waals surface area contributed by atoms with Crippen LogP contribution in [0, 0.1) is 0 Å². The van der Waals surface area contributed by atoms with E-state index >= 15 is 0 Å². The Balaban J connectivity index is 2.06. The molecule has 1 rings (SSSR count). The molecule has 78 valence electrons. The Morgan fingerprint density at radius 2 is 2.15 bits per heavy atom. The highest BCUT2D eigenvalue weighted by Crippen LogP contribution is 2.30. The monoisotopic (exact) mass is 201 g/mol. The molecule has 2 unspecified atom stereocenters. The van der Waals surface area contributed by atoms with Crippen LogP contribution in [0.3, 0.4) is 0 Å². The standard InChI is InChI=1S/C11H23NS/c1-3-4-5-9-13-11-8-6-7-10(11)12-2/h10-12H,3-9H2,1-2H3. The fraction of sp³-hybridized carbons (Fsp3) is 1.00. The molecular formula is C11H23NS. The third-order valence-electron chi connectivity index (χ3n) is 2.90. The van der Waals surface area contributed by atoms with Gasteiger partial charge < -0.3 is 5.32 Å². The molecule has 0 bridgehead atoms. The number of thioether (sulfide) groups is 1. The average Bonchev–Trinajstić information content (AvgIpc) is 2.60. The molecule has 2 heteroatoms. The summed E-state index contributed by atoms with van der Waals surface area (Å²) in [5, 5.41) is 4.34. The van der Waals surface area contributed by atoms with Crippen molar-refractivity contribution in [2.45, 2.75) is 56.7 Å². The summed E-state index contributed by atoms with van der Waals surface area (Å²) in [6, 6.07) is 0.798. The molecule has 0 amide bonds. The number of unbranched alkanes of at least 4 members (excludes halogenated alkanes) is 2. The van der Waals surface area contributed by atoms with E-state index in [2.05, 4.69) is 31.1 Å². The molecule has 0 radical (unpaired) electrons. The molecule has 1 fully saturated rings. The van der Waals surface area contributed by atoms with E-state index in [0.717, 1.165) is 11.3 Å². The van der Waals surface area contributed by atoms with Gasteiger partial charge in [-0.15, -0.1) is 0 Å². The predicted molar refractivity (Wildman–Crippen MR) is 62.5 cm³/mol. The van der Waals surface area contributed by atoms with Crippen molar-refractivity contribution in [2.24, 2.45) is 0 Å². The van der Waals surface area contributed by atoms with Gasteiger partial charge in [0, 0.05) is 11.3 Å². The number of hydrogen-bond acceptors (Lipinski definition) is 2. The van der Waals surface area contributed by atoms with Gasteiger partial charge in [-0.3, -0.25) is 0 Å². The topological polar surface area (TPSA) is 12.0 Å². The van der Waals surface area contributed by atoms with E-state index in [9.17, 15) is 0 Å². The molecule has 0 heterocycles. The van der Waals surface area contributed by atoms with Gasteiger partial charge in [-0.25, -0.2) is 0 Å². The lowest BCUT2D eigenvalue weighted by Gasteiger charge is -2.18. The maximum atomic E-state index is 3.43. The highest BCUT2D eigenvalue weighted by Gasteiger charge is 2.25. The van der Waals surface area contributed by atoms with Crippen molar-refractivity contribution in [2.75, 3.05) is 12.8 Å². The molecule has 0 aromatic rings. The van der Waals surface area contributed by atoms with Gasteiger partial charge >= 0.3 is 0 Å². The zero-order valence-corrected chi connectivity index (χ0v) is 9.83. The maximum Gasteiger partial charge on any atom is 0.0201 e. The molecule has 1 N–H and O–H groups in total. The SMILES string of the molecule is CCCCCSC1CCCC1NC. The minimum absolute atomic E-state index is 0.798. The first-order valence-corrected chi connectivity index (χ1v) is 6.72. The van der Waals surface area contributed by atoms with Crippen LogP contribution in [0.15, 0.2) is 0 Å². The van der Waals surface area contributed by atoms with Gasteiger partial charge in [0.1, 0.15) is 0 Å². The van der Waals surface area contributed by atoms with Crippen LogP contribution >= 0.6 is 11.8 Å². The lowest BCUT2D eigenvalue weighted by atomic mass is 10.2. The second kappa shape index (κ2) is 6.72. The normalized spacial score (nSPS) is 28.2. The van der Waals surface area contributed by atoms with E-state index in [1.165, 1.54) is 44.3 Å². The van der Waals surface area contributed by atoms with E-state index < -0.39 is 0 Å². The fourth-order valence-electron chi connectivity index (χ4n) is 2.04. The van der Waals surface area contributed by atoms with Crippen LogP contribution in [-0.2, 0) is 0 Å². The predicted octanol–water partition coefficient (Wildman–Crippen LogP) is 3.05. The third-order valence-corrected chi connectivity index (χ3v) is 4.42. The Labute approximate surface area is 87.1 Å². The van der Waals surface area contributed by atoms with Gasteiger partial charge in [-0.2, -0.15) is 11.8 Å². The molecule has 0 aromatic heterocycles. The van der Waals surface area contributed by atoms with E-state index in [0.29, 0.717) is 0 Å². The van der Waals surface area contributed by atoms with Crippen LogP contribution in [0.25, 0.3) is 0 Å². The van der Waals surface area contributed by atoms with Crippen LogP contribution in [0.2, 0.25) is 0 Å². The molecular weight excluding hydrogens is 178 g/mol. The highest BCUT2D eigenvalue weighted by atomic mass is 32.2. The van der Waals surface area contributed by atoms with E-state index in [1.807, 2.05) is 0 Å². The van der Waals surface area contributed by atoms with Crippen LogP contribution in [-0.4, -0.2) is 24.1 Å². The highest BCUT2D eigenvalue weighted by molar-refractivity contribution is 7.99. The summed E-state index contributed by atoms with van der Waals surface area (Å²) in [7, 11) is 2.11. The first-order chi connectivity index (χ1) is 6.38. The molecule has 0 saturated heterocycles. The Morgan fingerprint density at radius 1 is 1.31 bits per heavy atom. The minimum Gasteiger partial charge on any atom is -0.316 e. The second-order valence-corrected chi connectivity index (χ2v) is 5.29. The summed E-state index contributed by atoms with van der Waals surface area (Å²) in [4.78, 5) is 0. The smallest absolute Gasteiger partial charge is 0.0201 e. The van der Waals surface area contributed by atoms with Crippen molar-refractivity contribution in [3.63, 3.8) is 0 Å². The average molecular weight is 201 g/mol. The first-order valence-electron chi connectivity index (χ1n) is 5.67. The van der Waals surface area contributed by atoms with Crippen molar-refractivity contribution in [1.82, 2.24) is 5.32 Å². The van der Waals surface area contributed by atoms with Crippen LogP contribution in [0.4, 0.5) is 0 Å². The largest absolute Gasteiger partial charge is 0.316 e. The van der Waals surface area contributed by atoms with Crippen molar-refractivity contribution in [3.8, 4) is 0 Å². The maximum absolute atomic E-state index is 3.43. The van der Waals surface area contributed by atoms with Crippen LogP contribution in [0.5, 0.6) is 0 Å². The Morgan fingerprint density at radius 3 is 2.85 bits per heavy atom. The summed E-state index contributed by atoms with van der Waals surface area (Å²) >= 11 is 2.19. The molecule has 1 aliphatic carbocycles. The Kier molecular flexibility index (Phi) is 5.88. The van der Waals surface area contributed by atoms with Gasteiger partial charge in [-0.05, 0) is 32.1 Å². The molecule has 13 heavy (non-hydrogen) atoms. The summed E-state index contributed by atoms with van der Waals surface area (Å²) in [5.74, 6) is 1.37. The van der Waals surface area contributed by atoms with Crippen LogP contribution < -0.4 is 5.32 Å². The van der Waals surface area contributed by atoms with Crippen LogP contribution in [0.1, 0.15) is 45.4 Å². The number of rotatable bonds is 6. The van der Waals surface area contributed by atoms with Gasteiger partial charge in [0.05, 0.1) is 0 Å². The van der Waals surface area contributed by atoms with Crippen molar-refractivity contribution >= 4 is 11.8 Å². The molecule has 0 aromatic carbocycles. The van der Waals surface area contributed by atoms with Gasteiger partial charge in [0.15, 0.2) is 0 Å². The lowest BCUT2D eigenvalue weighted by molar-refractivity contribution is 0.591. The zero-order chi connectivity index (χ0) is 9.52. The summed E-state index contributed by atoms with van der Waals surface area (Å²) in [5.41, 5.74) is 0. The van der Waals surface area contributed by atoms with E-state index in [1.54, 1.807) is 0 Å². The van der Waals surface area contributed by atoms with Crippen molar-refractivity contribution < 1.29 is 0 Å². The summed E-state index contributed by atoms with van der Waals surface area (Å²) in [6.07, 6.45) is 8.42. The Hall–Kier alpha value is 0.310. The number of hydrogen-bond donors (Lipinski definition) is 1. The molecule has 0 spiro atoms. The zero-order valence-electron chi connectivity index (χ0n) is 9.01. The summed E-state index contributed by atoms with van der Waals surface area (Å²) in [6.45, 7) is 2.27. The van der Waals surface area contributed by atoms with E-state index in [-0.39, 0.29) is 0 Å². The van der Waals surface area contributed by atoms with Gasteiger partial charge in [0.2, 0.25) is 0 Å². The summed E-state index contributed by atoms with van der Waals surface area (Å²) < 4.78 is 0. The van der Waals surface area contributed by atoms with E-state index in [4.69, 9.17) is 0 Å². The second-order valence-electron chi connectivity index (χ2n) is 3.94. The van der Waals surface area contributed by atoms with Crippen molar-refractivity contribution in [3.05, 3.63) is 0 Å². The van der Waals surface area contributed by atoms with Gasteiger partial charge in [-0.1, -0.05) is 26.2 Å².